The third kappa shape index (κ3) is 2.34. The van der Waals surface area contributed by atoms with Gasteiger partial charge in [0.25, 0.3) is 6.43 Å². The van der Waals surface area contributed by atoms with Crippen molar-refractivity contribution >= 4 is 11.4 Å². The molecule has 1 aromatic rings. The molecule has 76 valence electrons. The lowest BCUT2D eigenvalue weighted by Gasteiger charge is -2.03. The fraction of sp³-hybridized carbons (Fsp3) is 0.300. The molecule has 0 saturated carbocycles. The van der Waals surface area contributed by atoms with Crippen LogP contribution < -0.4 is 0 Å². The zero-order chi connectivity index (χ0) is 10.7. The van der Waals surface area contributed by atoms with Gasteiger partial charge in [-0.25, -0.2) is 13.2 Å². The van der Waals surface area contributed by atoms with E-state index in [2.05, 4.69) is 4.99 Å². The standard InChI is InChI=1S/C10H10F3N/c1-6-8(11)4-3-5-9(6)14-7(2)10(12)13/h3-5,10H,1-2H3. The lowest BCUT2D eigenvalue weighted by Crippen LogP contribution is -2.04. The molecule has 0 amide bonds. The molecule has 1 rings (SSSR count). The summed E-state index contributed by atoms with van der Waals surface area (Å²) in [6, 6.07) is 4.22. The number of rotatable bonds is 2. The Kier molecular flexibility index (Phi) is 3.28. The summed E-state index contributed by atoms with van der Waals surface area (Å²) in [6.07, 6.45) is -2.60. The maximum atomic E-state index is 13.0. The van der Waals surface area contributed by atoms with Crippen LogP contribution in [0.15, 0.2) is 23.2 Å². The van der Waals surface area contributed by atoms with Gasteiger partial charge in [-0.3, -0.25) is 4.99 Å². The number of benzene rings is 1. The number of nitrogens with zero attached hydrogens (tertiary/aromatic N) is 1. The fourth-order valence-corrected chi connectivity index (χ4v) is 0.956. The third-order valence-electron chi connectivity index (χ3n) is 1.85. The molecule has 0 radical (unpaired) electrons. The van der Waals surface area contributed by atoms with Crippen LogP contribution in [-0.4, -0.2) is 12.1 Å². The number of aliphatic imine (C=N–C) groups is 1. The van der Waals surface area contributed by atoms with Gasteiger partial charge in [-0.05, 0) is 26.0 Å². The zero-order valence-corrected chi connectivity index (χ0v) is 7.89. The van der Waals surface area contributed by atoms with Crippen molar-refractivity contribution in [3.05, 3.63) is 29.6 Å². The summed E-state index contributed by atoms with van der Waals surface area (Å²) in [5.74, 6) is -0.437. The molecule has 0 bridgehead atoms. The van der Waals surface area contributed by atoms with Gasteiger partial charge >= 0.3 is 0 Å². The first kappa shape index (κ1) is 10.8. The summed E-state index contributed by atoms with van der Waals surface area (Å²) < 4.78 is 37.2. The molecule has 1 aromatic carbocycles. The minimum Gasteiger partial charge on any atom is -0.252 e. The highest BCUT2D eigenvalue weighted by Gasteiger charge is 2.08. The summed E-state index contributed by atoms with van der Waals surface area (Å²) in [4.78, 5) is 3.65. The Hall–Kier alpha value is -1.32. The Morgan fingerprint density at radius 2 is 2.00 bits per heavy atom. The van der Waals surface area contributed by atoms with Gasteiger partial charge in [-0.2, -0.15) is 0 Å². The molecule has 0 atom stereocenters. The first-order chi connectivity index (χ1) is 6.52. The van der Waals surface area contributed by atoms with Gasteiger partial charge in [0.15, 0.2) is 0 Å². The SMILES string of the molecule is CC(=Nc1cccc(F)c1C)C(F)F. The van der Waals surface area contributed by atoms with Gasteiger partial charge in [-0.15, -0.1) is 0 Å². The quantitative estimate of drug-likeness (QED) is 0.649. The minimum atomic E-state index is -2.60. The summed E-state index contributed by atoms with van der Waals surface area (Å²) in [7, 11) is 0. The molecule has 1 nitrogen and oxygen atoms in total. The Balaban J connectivity index is 3.09. The van der Waals surface area contributed by atoms with Crippen molar-refractivity contribution < 1.29 is 13.2 Å². The Morgan fingerprint density at radius 1 is 1.36 bits per heavy atom. The molecule has 0 aliphatic carbocycles. The van der Waals surface area contributed by atoms with Gasteiger partial charge < -0.3 is 0 Å². The van der Waals surface area contributed by atoms with E-state index in [4.69, 9.17) is 0 Å². The summed E-state index contributed by atoms with van der Waals surface area (Å²) in [6.45, 7) is 2.72. The van der Waals surface area contributed by atoms with E-state index < -0.39 is 12.2 Å². The second kappa shape index (κ2) is 4.26. The van der Waals surface area contributed by atoms with Gasteiger partial charge in [0.1, 0.15) is 5.82 Å². The number of alkyl halides is 2. The molecule has 4 heteroatoms. The van der Waals surface area contributed by atoms with Crippen LogP contribution in [0.3, 0.4) is 0 Å². The molecule has 0 spiro atoms. The van der Waals surface area contributed by atoms with Crippen LogP contribution in [-0.2, 0) is 0 Å². The highest BCUT2D eigenvalue weighted by atomic mass is 19.3. The van der Waals surface area contributed by atoms with E-state index in [0.717, 1.165) is 0 Å². The Labute approximate surface area is 80.3 Å². The van der Waals surface area contributed by atoms with E-state index in [0.29, 0.717) is 0 Å². The molecule has 0 saturated heterocycles. The normalized spacial score (nSPS) is 12.3. The van der Waals surface area contributed by atoms with Gasteiger partial charge in [0, 0.05) is 5.56 Å². The molecule has 0 fully saturated rings. The number of hydrogen-bond acceptors (Lipinski definition) is 1. The van der Waals surface area contributed by atoms with Crippen molar-refractivity contribution in [2.24, 2.45) is 4.99 Å². The molecular formula is C10H10F3N. The van der Waals surface area contributed by atoms with Crippen LogP contribution >= 0.6 is 0 Å². The molecule has 0 heterocycles. The Bertz CT molecular complexity index is 358. The van der Waals surface area contributed by atoms with Gasteiger partial charge in [-0.1, -0.05) is 6.07 Å². The number of hydrogen-bond donors (Lipinski definition) is 0. The predicted molar refractivity (Wildman–Crippen MR) is 49.9 cm³/mol. The first-order valence-corrected chi connectivity index (χ1v) is 4.11. The van der Waals surface area contributed by atoms with Gasteiger partial charge in [0.2, 0.25) is 0 Å². The molecule has 0 unspecified atom stereocenters. The lowest BCUT2D eigenvalue weighted by molar-refractivity contribution is 0.225. The Morgan fingerprint density at radius 3 is 2.57 bits per heavy atom. The van der Waals surface area contributed by atoms with Crippen LogP contribution in [0.5, 0.6) is 0 Å². The van der Waals surface area contributed by atoms with Crippen LogP contribution in [0.1, 0.15) is 12.5 Å². The summed E-state index contributed by atoms with van der Waals surface area (Å²) >= 11 is 0. The zero-order valence-electron chi connectivity index (χ0n) is 7.89. The monoisotopic (exact) mass is 201 g/mol. The summed E-state index contributed by atoms with van der Waals surface area (Å²) in [5, 5.41) is 0. The molecule has 0 aliphatic heterocycles. The highest BCUT2D eigenvalue weighted by Crippen LogP contribution is 2.21. The van der Waals surface area contributed by atoms with Crippen LogP contribution in [0, 0.1) is 12.7 Å². The van der Waals surface area contributed by atoms with Crippen molar-refractivity contribution in [1.29, 1.82) is 0 Å². The molecule has 14 heavy (non-hydrogen) atoms. The average Bonchev–Trinajstić information content (AvgIpc) is 2.12. The van der Waals surface area contributed by atoms with Gasteiger partial charge in [0.05, 0.1) is 11.4 Å². The topological polar surface area (TPSA) is 12.4 Å². The van der Waals surface area contributed by atoms with E-state index in [-0.39, 0.29) is 17.0 Å². The predicted octanol–water partition coefficient (Wildman–Crippen LogP) is 3.49. The van der Waals surface area contributed by atoms with Crippen LogP contribution in [0.2, 0.25) is 0 Å². The molecular weight excluding hydrogens is 191 g/mol. The molecule has 0 aromatic heterocycles. The third-order valence-corrected chi connectivity index (χ3v) is 1.85. The minimum absolute atomic E-state index is 0.253. The second-order valence-electron chi connectivity index (χ2n) is 2.94. The van der Waals surface area contributed by atoms with E-state index in [9.17, 15) is 13.2 Å². The van der Waals surface area contributed by atoms with E-state index in [1.165, 1.54) is 32.0 Å². The smallest absolute Gasteiger partial charge is 0.252 e. The average molecular weight is 201 g/mol. The van der Waals surface area contributed by atoms with E-state index in [1.54, 1.807) is 0 Å². The van der Waals surface area contributed by atoms with Crippen molar-refractivity contribution in [2.45, 2.75) is 20.3 Å². The summed E-state index contributed by atoms with van der Waals surface area (Å²) in [5.41, 5.74) is 0.231. The van der Waals surface area contributed by atoms with Crippen molar-refractivity contribution in [3.8, 4) is 0 Å². The van der Waals surface area contributed by atoms with E-state index >= 15 is 0 Å². The van der Waals surface area contributed by atoms with E-state index in [1.807, 2.05) is 0 Å². The number of halogens is 3. The molecule has 0 N–H and O–H groups in total. The highest BCUT2D eigenvalue weighted by molar-refractivity contribution is 5.87. The first-order valence-electron chi connectivity index (χ1n) is 4.11. The maximum Gasteiger partial charge on any atom is 0.276 e. The van der Waals surface area contributed by atoms with Crippen molar-refractivity contribution in [1.82, 2.24) is 0 Å². The molecule has 0 aliphatic rings. The van der Waals surface area contributed by atoms with Crippen LogP contribution in [0.25, 0.3) is 0 Å². The van der Waals surface area contributed by atoms with Crippen molar-refractivity contribution in [2.75, 3.05) is 0 Å². The second-order valence-corrected chi connectivity index (χ2v) is 2.94. The van der Waals surface area contributed by atoms with Crippen LogP contribution in [0.4, 0.5) is 18.9 Å². The fourth-order valence-electron chi connectivity index (χ4n) is 0.956. The van der Waals surface area contributed by atoms with Crippen molar-refractivity contribution in [3.63, 3.8) is 0 Å². The lowest BCUT2D eigenvalue weighted by atomic mass is 10.2. The maximum absolute atomic E-state index is 13.0. The largest absolute Gasteiger partial charge is 0.276 e.